The smallest absolute Gasteiger partial charge is 0.118 e. The third-order valence-corrected chi connectivity index (χ3v) is 6.52. The minimum absolute atomic E-state index is 0.841. The van der Waals surface area contributed by atoms with Gasteiger partial charge in [0.05, 0.1) is 14.2 Å². The number of benzene rings is 3. The fourth-order valence-electron chi connectivity index (χ4n) is 3.41. The second-order valence-corrected chi connectivity index (χ2v) is 7.97. The number of halogens is 2. The van der Waals surface area contributed by atoms with Crippen molar-refractivity contribution in [1.29, 1.82) is 0 Å². The highest BCUT2D eigenvalue weighted by molar-refractivity contribution is 9.15. The first-order chi connectivity index (χ1) is 13.6. The molecule has 3 aromatic carbocycles. The fraction of sp³-hybridized carbons (Fsp3) is 0.0833. The maximum atomic E-state index is 5.33. The molecular weight excluding hydrogens is 480 g/mol. The van der Waals surface area contributed by atoms with Gasteiger partial charge in [-0.15, -0.1) is 0 Å². The molecule has 0 unspecified atom stereocenters. The van der Waals surface area contributed by atoms with E-state index in [1.165, 1.54) is 11.1 Å². The molecule has 0 amide bonds. The summed E-state index contributed by atoms with van der Waals surface area (Å²) in [5, 5.41) is 0. The Morgan fingerprint density at radius 1 is 0.714 bits per heavy atom. The zero-order chi connectivity index (χ0) is 19.7. The second kappa shape index (κ2) is 7.98. The van der Waals surface area contributed by atoms with Gasteiger partial charge in [0.25, 0.3) is 0 Å². The molecule has 0 atom stereocenters. The van der Waals surface area contributed by atoms with E-state index in [0.717, 1.165) is 42.7 Å². The largest absolute Gasteiger partial charge is 0.497 e. The van der Waals surface area contributed by atoms with E-state index in [2.05, 4.69) is 80.4 Å². The zero-order valence-electron chi connectivity index (χ0n) is 15.5. The molecule has 1 aliphatic carbocycles. The summed E-state index contributed by atoms with van der Waals surface area (Å²) in [4.78, 5) is 0. The summed E-state index contributed by atoms with van der Waals surface area (Å²) in [5.41, 5.74) is 6.93. The number of fused-ring (bicyclic) bond motifs is 1. The lowest BCUT2D eigenvalue weighted by Gasteiger charge is -2.13. The highest BCUT2D eigenvalue weighted by atomic mass is 79.9. The van der Waals surface area contributed by atoms with E-state index in [1.807, 2.05) is 24.3 Å². The summed E-state index contributed by atoms with van der Waals surface area (Å²) in [6, 6.07) is 24.7. The van der Waals surface area contributed by atoms with Crippen LogP contribution in [0.5, 0.6) is 11.5 Å². The van der Waals surface area contributed by atoms with Crippen molar-refractivity contribution in [3.05, 3.63) is 95.1 Å². The van der Waals surface area contributed by atoms with Crippen LogP contribution in [-0.2, 0) is 0 Å². The standard InChI is InChI=1S/C24H18Br2O2/c1-27-17-11-7-15(8-12-17)21-22(19-5-3-4-6-20(19)24(21)26)23(25)16-9-13-18(28-2)14-10-16/h3-14H,1-2H3/b23-22+. The topological polar surface area (TPSA) is 18.5 Å². The van der Waals surface area contributed by atoms with Crippen LogP contribution in [0.3, 0.4) is 0 Å². The summed E-state index contributed by atoms with van der Waals surface area (Å²) in [5.74, 6) is 1.68. The number of methoxy groups -OCH3 is 2. The summed E-state index contributed by atoms with van der Waals surface area (Å²) in [6.45, 7) is 0. The van der Waals surface area contributed by atoms with Gasteiger partial charge < -0.3 is 9.47 Å². The Bertz CT molecular complexity index is 1080. The van der Waals surface area contributed by atoms with Crippen molar-refractivity contribution < 1.29 is 9.47 Å². The predicted octanol–water partition coefficient (Wildman–Crippen LogP) is 7.24. The summed E-state index contributed by atoms with van der Waals surface area (Å²) in [7, 11) is 3.36. The Balaban J connectivity index is 1.92. The number of hydrogen-bond donors (Lipinski definition) is 0. The Hall–Kier alpha value is -2.30. The van der Waals surface area contributed by atoms with Crippen LogP contribution < -0.4 is 9.47 Å². The third-order valence-electron chi connectivity index (χ3n) is 4.84. The van der Waals surface area contributed by atoms with Crippen LogP contribution in [0.1, 0.15) is 22.3 Å². The average Bonchev–Trinajstić information content (AvgIpc) is 3.06. The lowest BCUT2D eigenvalue weighted by molar-refractivity contribution is 0.414. The van der Waals surface area contributed by atoms with Crippen LogP contribution in [0.15, 0.2) is 72.8 Å². The molecule has 2 nitrogen and oxygen atoms in total. The molecule has 0 radical (unpaired) electrons. The molecule has 1 aliphatic rings. The maximum Gasteiger partial charge on any atom is 0.118 e. The van der Waals surface area contributed by atoms with Crippen molar-refractivity contribution in [3.8, 4) is 11.5 Å². The van der Waals surface area contributed by atoms with Gasteiger partial charge in [-0.25, -0.2) is 0 Å². The van der Waals surface area contributed by atoms with E-state index in [4.69, 9.17) is 9.47 Å². The molecule has 0 saturated carbocycles. The molecule has 28 heavy (non-hydrogen) atoms. The first kappa shape index (κ1) is 19.0. The fourth-order valence-corrected chi connectivity index (χ4v) is 4.86. The Morgan fingerprint density at radius 2 is 1.25 bits per heavy atom. The number of rotatable bonds is 4. The molecule has 0 N–H and O–H groups in total. The van der Waals surface area contributed by atoms with E-state index in [9.17, 15) is 0 Å². The van der Waals surface area contributed by atoms with Crippen molar-refractivity contribution in [2.24, 2.45) is 0 Å². The maximum absolute atomic E-state index is 5.33. The van der Waals surface area contributed by atoms with Gasteiger partial charge in [-0.1, -0.05) is 48.5 Å². The molecule has 0 heterocycles. The Labute approximate surface area is 181 Å². The molecule has 0 aromatic heterocycles. The summed E-state index contributed by atoms with van der Waals surface area (Å²) >= 11 is 7.73. The van der Waals surface area contributed by atoms with Crippen molar-refractivity contribution in [2.45, 2.75) is 0 Å². The monoisotopic (exact) mass is 496 g/mol. The molecule has 0 saturated heterocycles. The molecule has 0 bridgehead atoms. The molecule has 4 heteroatoms. The quantitative estimate of drug-likeness (QED) is 0.378. The van der Waals surface area contributed by atoms with Gasteiger partial charge in [0, 0.05) is 20.1 Å². The molecule has 0 aliphatic heterocycles. The van der Waals surface area contributed by atoms with Gasteiger partial charge in [0.2, 0.25) is 0 Å². The minimum Gasteiger partial charge on any atom is -0.497 e. The molecule has 4 rings (SSSR count). The van der Waals surface area contributed by atoms with Crippen LogP contribution in [0, 0.1) is 0 Å². The van der Waals surface area contributed by atoms with Crippen LogP contribution >= 0.6 is 31.9 Å². The SMILES string of the molecule is COc1ccc(C2=C(Br)c3ccccc3/C2=C(\Br)c2ccc(OC)cc2)cc1. The Kier molecular flexibility index (Phi) is 5.42. The van der Waals surface area contributed by atoms with Crippen LogP contribution in [-0.4, -0.2) is 14.2 Å². The first-order valence-electron chi connectivity index (χ1n) is 8.82. The molecule has 3 aromatic rings. The van der Waals surface area contributed by atoms with Crippen LogP contribution in [0.25, 0.3) is 20.1 Å². The van der Waals surface area contributed by atoms with Gasteiger partial charge >= 0.3 is 0 Å². The van der Waals surface area contributed by atoms with Gasteiger partial charge in [-0.3, -0.25) is 0 Å². The predicted molar refractivity (Wildman–Crippen MR) is 124 cm³/mol. The summed E-state index contributed by atoms with van der Waals surface area (Å²) in [6.07, 6.45) is 0. The highest BCUT2D eigenvalue weighted by Crippen LogP contribution is 2.53. The normalized spacial score (nSPS) is 14.7. The number of hydrogen-bond acceptors (Lipinski definition) is 2. The molecule has 0 spiro atoms. The van der Waals surface area contributed by atoms with E-state index in [-0.39, 0.29) is 0 Å². The molecule has 140 valence electrons. The highest BCUT2D eigenvalue weighted by Gasteiger charge is 2.28. The molecule has 0 fully saturated rings. The van der Waals surface area contributed by atoms with E-state index in [0.29, 0.717) is 0 Å². The number of ether oxygens (including phenoxy) is 2. The lowest BCUT2D eigenvalue weighted by atomic mass is 9.95. The third kappa shape index (κ3) is 3.31. The lowest BCUT2D eigenvalue weighted by Crippen LogP contribution is -1.91. The number of allylic oxidation sites excluding steroid dienone is 2. The van der Waals surface area contributed by atoms with Crippen molar-refractivity contribution in [1.82, 2.24) is 0 Å². The van der Waals surface area contributed by atoms with E-state index >= 15 is 0 Å². The van der Waals surface area contributed by atoms with Crippen LogP contribution in [0.2, 0.25) is 0 Å². The Morgan fingerprint density at radius 3 is 1.82 bits per heavy atom. The van der Waals surface area contributed by atoms with Crippen molar-refractivity contribution >= 4 is 52.0 Å². The summed E-state index contributed by atoms with van der Waals surface area (Å²) < 4.78 is 12.8. The van der Waals surface area contributed by atoms with Gasteiger partial charge in [0.15, 0.2) is 0 Å². The van der Waals surface area contributed by atoms with E-state index < -0.39 is 0 Å². The van der Waals surface area contributed by atoms with Crippen molar-refractivity contribution in [3.63, 3.8) is 0 Å². The average molecular weight is 498 g/mol. The van der Waals surface area contributed by atoms with Gasteiger partial charge in [-0.05, 0) is 78.4 Å². The van der Waals surface area contributed by atoms with E-state index in [1.54, 1.807) is 14.2 Å². The minimum atomic E-state index is 0.841. The molecular formula is C24H18Br2O2. The van der Waals surface area contributed by atoms with Gasteiger partial charge in [0.1, 0.15) is 11.5 Å². The van der Waals surface area contributed by atoms with Crippen LogP contribution in [0.4, 0.5) is 0 Å². The first-order valence-corrected chi connectivity index (χ1v) is 10.4. The second-order valence-electron chi connectivity index (χ2n) is 6.38. The zero-order valence-corrected chi connectivity index (χ0v) is 18.7. The van der Waals surface area contributed by atoms with Gasteiger partial charge in [-0.2, -0.15) is 0 Å². The van der Waals surface area contributed by atoms with Crippen molar-refractivity contribution in [2.75, 3.05) is 14.2 Å².